The smallest absolute Gasteiger partial charge is 0.140 e. The number of fused-ring (bicyclic) bond motifs is 2. The highest BCUT2D eigenvalue weighted by Crippen LogP contribution is 2.28. The molecule has 0 aliphatic rings. The summed E-state index contributed by atoms with van der Waals surface area (Å²) in [5.74, 6) is 0. The van der Waals surface area contributed by atoms with Gasteiger partial charge < -0.3 is 9.47 Å². The second-order valence-electron chi connectivity index (χ2n) is 15.3. The van der Waals surface area contributed by atoms with Gasteiger partial charge in [0.15, 0.2) is 0 Å². The first kappa shape index (κ1) is 45.0. The van der Waals surface area contributed by atoms with E-state index in [1.165, 1.54) is 21.0 Å². The Morgan fingerprint density at radius 2 is 1.06 bits per heavy atom. The van der Waals surface area contributed by atoms with Crippen molar-refractivity contribution >= 4 is 132 Å². The monoisotopic (exact) mass is 1160 g/mol. The van der Waals surface area contributed by atoms with Crippen molar-refractivity contribution in [2.24, 2.45) is 0 Å². The largest absolute Gasteiger partial charge is 0.360 e. The lowest BCUT2D eigenvalue weighted by atomic mass is 9.99. The molecular formula is C42H50BrI3N4O2Si2. The van der Waals surface area contributed by atoms with E-state index in [1.54, 1.807) is 0 Å². The minimum Gasteiger partial charge on any atom is -0.360 e. The zero-order valence-corrected chi connectivity index (χ0v) is 42.1. The van der Waals surface area contributed by atoms with Gasteiger partial charge in [-0.05, 0) is 132 Å². The molecule has 0 amide bonds. The Morgan fingerprint density at radius 1 is 0.611 bits per heavy atom. The van der Waals surface area contributed by atoms with Crippen molar-refractivity contribution in [1.29, 1.82) is 0 Å². The molecule has 0 atom stereocenters. The van der Waals surface area contributed by atoms with Gasteiger partial charge in [0.2, 0.25) is 0 Å². The van der Waals surface area contributed by atoms with Crippen LogP contribution in [-0.2, 0) is 22.9 Å². The first-order valence-corrected chi connectivity index (χ1v) is 29.2. The van der Waals surface area contributed by atoms with Crippen LogP contribution in [0.3, 0.4) is 0 Å². The van der Waals surface area contributed by atoms with Crippen LogP contribution in [0.2, 0.25) is 51.4 Å². The highest BCUT2D eigenvalue weighted by molar-refractivity contribution is 14.1. The predicted molar refractivity (Wildman–Crippen MR) is 265 cm³/mol. The summed E-state index contributed by atoms with van der Waals surface area (Å²) in [5, 5.41) is 11.6. The van der Waals surface area contributed by atoms with E-state index in [1.807, 2.05) is 57.9 Å². The molecule has 286 valence electrons. The van der Waals surface area contributed by atoms with Gasteiger partial charge in [0, 0.05) is 48.2 Å². The summed E-state index contributed by atoms with van der Waals surface area (Å²) in [6.45, 7) is 24.9. The molecule has 54 heavy (non-hydrogen) atoms. The van der Waals surface area contributed by atoms with Crippen LogP contribution in [0.15, 0.2) is 110 Å². The lowest BCUT2D eigenvalue weighted by Gasteiger charge is -2.15. The molecule has 2 aromatic heterocycles. The highest BCUT2D eigenvalue weighted by Gasteiger charge is 2.15. The molecule has 0 bridgehead atoms. The van der Waals surface area contributed by atoms with E-state index in [-0.39, 0.29) is 0 Å². The van der Waals surface area contributed by atoms with Gasteiger partial charge in [0.1, 0.15) is 20.9 Å². The number of nitrogens with zero attached hydrogens (tertiary/aromatic N) is 4. The van der Waals surface area contributed by atoms with Crippen molar-refractivity contribution < 1.29 is 9.47 Å². The topological polar surface area (TPSA) is 54.1 Å². The fraction of sp³-hybridized carbons (Fsp3) is 0.286. The van der Waals surface area contributed by atoms with Crippen LogP contribution in [0.4, 0.5) is 0 Å². The van der Waals surface area contributed by atoms with Gasteiger partial charge in [0.25, 0.3) is 0 Å². The second-order valence-corrected chi connectivity index (χ2v) is 30.8. The molecule has 0 unspecified atom stereocenters. The molecule has 12 heteroatoms. The average molecular weight is 1160 g/mol. The number of benzene rings is 4. The molecule has 6 aromatic rings. The maximum Gasteiger partial charge on any atom is 0.140 e. The molecule has 4 aromatic carbocycles. The molecule has 0 saturated carbocycles. The minimum absolute atomic E-state index is 0.491. The standard InChI is InChI=1S/C21H25IN2OSi.C13H18I2N2OSi.C8H7Br/c1-16(17-8-6-5-7-9-17)18-10-11-19-20(14-18)24(23-21(19)22)15-25-12-13-26(2,3)4;1-19(2,3)7-6-18-9-17-12-8-10(14)4-5-11(12)13(15)16-17;1-7(9)8-5-3-2-4-6-8/h5-11,14H,1,12-13,15H2,2-4H3;4-5,8H,6-7,9H2,1-3H3;2-6H,1H2. The summed E-state index contributed by atoms with van der Waals surface area (Å²) in [6, 6.07) is 35.5. The summed E-state index contributed by atoms with van der Waals surface area (Å²) in [4.78, 5) is 0. The average Bonchev–Trinajstić information content (AvgIpc) is 3.62. The zero-order valence-electron chi connectivity index (χ0n) is 32.0. The summed E-state index contributed by atoms with van der Waals surface area (Å²) < 4.78 is 19.8. The fourth-order valence-electron chi connectivity index (χ4n) is 5.11. The number of rotatable bonds is 13. The molecule has 6 rings (SSSR count). The third-order valence-electron chi connectivity index (χ3n) is 8.35. The normalized spacial score (nSPS) is 11.5. The van der Waals surface area contributed by atoms with Gasteiger partial charge in [-0.25, -0.2) is 9.36 Å². The van der Waals surface area contributed by atoms with E-state index in [4.69, 9.17) is 9.47 Å². The number of hydrogen-bond acceptors (Lipinski definition) is 4. The number of hydrogen-bond donors (Lipinski definition) is 0. The number of halogens is 4. The summed E-state index contributed by atoms with van der Waals surface area (Å²) in [6.07, 6.45) is 0. The van der Waals surface area contributed by atoms with Gasteiger partial charge in [-0.1, -0.05) is 135 Å². The van der Waals surface area contributed by atoms with E-state index in [9.17, 15) is 0 Å². The van der Waals surface area contributed by atoms with Crippen LogP contribution in [0.25, 0.3) is 31.9 Å². The van der Waals surface area contributed by atoms with E-state index in [2.05, 4.69) is 195 Å². The fourth-order valence-corrected chi connectivity index (χ4v) is 8.79. The van der Waals surface area contributed by atoms with Crippen molar-refractivity contribution in [3.8, 4) is 0 Å². The molecular weight excluding hydrogens is 1110 g/mol. The Hall–Kier alpha value is -1.68. The molecule has 0 radical (unpaired) electrons. The molecule has 0 fully saturated rings. The van der Waals surface area contributed by atoms with E-state index in [0.29, 0.717) is 13.5 Å². The lowest BCUT2D eigenvalue weighted by Crippen LogP contribution is -2.22. The zero-order chi connectivity index (χ0) is 39.5. The first-order chi connectivity index (χ1) is 25.5. The van der Waals surface area contributed by atoms with E-state index < -0.39 is 16.1 Å². The van der Waals surface area contributed by atoms with Crippen molar-refractivity contribution in [3.05, 3.63) is 138 Å². The predicted octanol–water partition coefficient (Wildman–Crippen LogP) is 13.6. The maximum atomic E-state index is 5.91. The van der Waals surface area contributed by atoms with E-state index in [0.717, 1.165) is 63.8 Å². The van der Waals surface area contributed by atoms with Crippen LogP contribution in [0.5, 0.6) is 0 Å². The van der Waals surface area contributed by atoms with Crippen molar-refractivity contribution in [1.82, 2.24) is 19.6 Å². The molecule has 0 N–H and O–H groups in total. The Morgan fingerprint density at radius 3 is 1.50 bits per heavy atom. The molecule has 0 spiro atoms. The highest BCUT2D eigenvalue weighted by atomic mass is 127. The summed E-state index contributed by atoms with van der Waals surface area (Å²) in [5.41, 5.74) is 6.66. The van der Waals surface area contributed by atoms with Crippen molar-refractivity contribution in [2.75, 3.05) is 13.2 Å². The first-order valence-electron chi connectivity index (χ1n) is 17.8. The van der Waals surface area contributed by atoms with Crippen LogP contribution in [-0.4, -0.2) is 48.9 Å². The third-order valence-corrected chi connectivity index (χ3v) is 14.5. The van der Waals surface area contributed by atoms with Crippen molar-refractivity contribution in [3.63, 3.8) is 0 Å². The number of aromatic nitrogens is 4. The molecule has 6 nitrogen and oxygen atoms in total. The molecule has 2 heterocycles. The van der Waals surface area contributed by atoms with Crippen molar-refractivity contribution in [2.45, 2.75) is 64.8 Å². The van der Waals surface area contributed by atoms with E-state index >= 15 is 0 Å². The molecule has 0 aliphatic carbocycles. The summed E-state index contributed by atoms with van der Waals surface area (Å²) >= 11 is 10.2. The van der Waals surface area contributed by atoms with Gasteiger partial charge in [-0.3, -0.25) is 0 Å². The Kier molecular flexibility index (Phi) is 17.7. The minimum atomic E-state index is -1.07. The quantitative estimate of drug-likeness (QED) is 0.0657. The van der Waals surface area contributed by atoms with Crippen LogP contribution >= 0.6 is 83.7 Å². The maximum absolute atomic E-state index is 5.91. The second kappa shape index (κ2) is 21.2. The third kappa shape index (κ3) is 14.4. The van der Waals surface area contributed by atoms with Crippen LogP contribution < -0.4 is 0 Å². The Balaban J connectivity index is 0.000000202. The van der Waals surface area contributed by atoms with Crippen LogP contribution in [0, 0.1) is 11.0 Å². The molecule has 0 saturated heterocycles. The SMILES string of the molecule is C=C(Br)c1ccccc1.C=C(c1ccccc1)c1ccc2c(I)nn(COCC[Si](C)(C)C)c2c1.C[Si](C)(C)CCOCn1nc(I)c2ccc(I)cc21. The number of ether oxygens (including phenoxy) is 2. The van der Waals surface area contributed by atoms with Gasteiger partial charge in [-0.15, -0.1) is 0 Å². The summed E-state index contributed by atoms with van der Waals surface area (Å²) in [7, 11) is -2.08. The van der Waals surface area contributed by atoms with Gasteiger partial charge >= 0.3 is 0 Å². The molecule has 0 aliphatic heterocycles. The Labute approximate surface area is 372 Å². The lowest BCUT2D eigenvalue weighted by molar-refractivity contribution is 0.0813. The van der Waals surface area contributed by atoms with Gasteiger partial charge in [-0.2, -0.15) is 10.2 Å². The van der Waals surface area contributed by atoms with Crippen LogP contribution in [0.1, 0.15) is 16.7 Å². The van der Waals surface area contributed by atoms with Gasteiger partial charge in [0.05, 0.1) is 11.0 Å². The Bertz CT molecular complexity index is 2140.